The predicted octanol–water partition coefficient (Wildman–Crippen LogP) is 1.58. The van der Waals surface area contributed by atoms with Crippen molar-refractivity contribution in [1.29, 1.82) is 5.26 Å². The number of carbonyl (C=O) groups is 1. The minimum atomic E-state index is -1.25. The van der Waals surface area contributed by atoms with Crippen molar-refractivity contribution in [2.45, 2.75) is 39.5 Å². The number of carboxylic acid groups (broad SMARTS) is 1. The van der Waals surface area contributed by atoms with E-state index >= 15 is 0 Å². The molecule has 0 aromatic heterocycles. The van der Waals surface area contributed by atoms with Crippen molar-refractivity contribution < 1.29 is 19.5 Å². The van der Waals surface area contributed by atoms with Gasteiger partial charge in [0, 0.05) is 0 Å². The van der Waals surface area contributed by atoms with E-state index in [1.165, 1.54) is 6.92 Å². The summed E-state index contributed by atoms with van der Waals surface area (Å²) < 4.78 is 4.92. The van der Waals surface area contributed by atoms with E-state index in [2.05, 4.69) is 0 Å². The first-order valence-electron chi connectivity index (χ1n) is 4.48. The van der Waals surface area contributed by atoms with Gasteiger partial charge in [0.2, 0.25) is 0 Å². The molecule has 0 radical (unpaired) electrons. The third-order valence-electron chi connectivity index (χ3n) is 1.28. The lowest BCUT2D eigenvalue weighted by atomic mass is 10.2. The molecule has 6 nitrogen and oxygen atoms in total. The van der Waals surface area contributed by atoms with Gasteiger partial charge >= 0.3 is 6.09 Å². The maximum atomic E-state index is 10.8. The lowest BCUT2D eigenvalue weighted by molar-refractivity contribution is -0.264. The van der Waals surface area contributed by atoms with Gasteiger partial charge in [0.05, 0.1) is 11.7 Å². The van der Waals surface area contributed by atoms with Crippen LogP contribution in [0, 0.1) is 11.3 Å². The summed E-state index contributed by atoms with van der Waals surface area (Å²) in [5.41, 5.74) is -0.636. The second-order valence-corrected chi connectivity index (χ2v) is 3.88. The van der Waals surface area contributed by atoms with Crippen molar-refractivity contribution in [3.63, 3.8) is 0 Å². The first-order valence-corrected chi connectivity index (χ1v) is 4.48. The molecule has 0 saturated carbocycles. The number of ether oxygens (including phenoxy) is 1. The molecule has 0 aliphatic rings. The van der Waals surface area contributed by atoms with Crippen LogP contribution in [0.4, 0.5) is 4.79 Å². The monoisotopic (exact) mass is 216 g/mol. The van der Waals surface area contributed by atoms with Gasteiger partial charge in [0.15, 0.2) is 6.23 Å². The van der Waals surface area contributed by atoms with Gasteiger partial charge in [-0.1, -0.05) is 0 Å². The topological polar surface area (TPSA) is 82.8 Å². The highest BCUT2D eigenvalue weighted by molar-refractivity contribution is 5.63. The average Bonchev–Trinajstić information content (AvgIpc) is 2.08. The Labute approximate surface area is 88.9 Å². The van der Waals surface area contributed by atoms with E-state index in [1.54, 1.807) is 26.8 Å². The molecule has 0 fully saturated rings. The molecule has 1 N–H and O–H groups in total. The van der Waals surface area contributed by atoms with Crippen LogP contribution in [0.25, 0.3) is 0 Å². The Morgan fingerprint density at radius 3 is 2.47 bits per heavy atom. The lowest BCUT2D eigenvalue weighted by Gasteiger charge is -2.31. The Bertz CT molecular complexity index is 254. The highest BCUT2D eigenvalue weighted by Gasteiger charge is 2.26. The van der Waals surface area contributed by atoms with Gasteiger partial charge in [-0.2, -0.15) is 10.3 Å². The molecule has 0 aliphatic heterocycles. The molecule has 0 saturated heterocycles. The fourth-order valence-electron chi connectivity index (χ4n) is 0.789. The SMILES string of the molecule is CC(OCC#N)N(OC(C)(C)C)C(=O)O. The van der Waals surface area contributed by atoms with Gasteiger partial charge in [-0.15, -0.1) is 0 Å². The van der Waals surface area contributed by atoms with Crippen LogP contribution < -0.4 is 0 Å². The van der Waals surface area contributed by atoms with Gasteiger partial charge in [-0.05, 0) is 27.7 Å². The summed E-state index contributed by atoms with van der Waals surface area (Å²) in [5, 5.41) is 17.8. The molecule has 6 heteroatoms. The number of nitriles is 1. The van der Waals surface area contributed by atoms with E-state index < -0.39 is 17.9 Å². The predicted molar refractivity (Wildman–Crippen MR) is 51.7 cm³/mol. The normalized spacial score (nSPS) is 13.0. The largest absolute Gasteiger partial charge is 0.463 e. The first-order chi connectivity index (χ1) is 6.78. The van der Waals surface area contributed by atoms with E-state index in [9.17, 15) is 4.79 Å². The van der Waals surface area contributed by atoms with Crippen LogP contribution in [0.15, 0.2) is 0 Å². The summed E-state index contributed by atoms with van der Waals surface area (Å²) in [5.74, 6) is 0. The average molecular weight is 216 g/mol. The van der Waals surface area contributed by atoms with Crippen LogP contribution in [0.5, 0.6) is 0 Å². The van der Waals surface area contributed by atoms with Gasteiger partial charge in [-0.3, -0.25) is 4.84 Å². The maximum absolute atomic E-state index is 10.8. The Hall–Kier alpha value is -1.32. The zero-order valence-corrected chi connectivity index (χ0v) is 9.35. The Morgan fingerprint density at radius 1 is 1.60 bits per heavy atom. The summed E-state index contributed by atoms with van der Waals surface area (Å²) in [6, 6.07) is 1.76. The fraction of sp³-hybridized carbons (Fsp3) is 0.778. The van der Waals surface area contributed by atoms with Crippen LogP contribution in [-0.4, -0.2) is 34.7 Å². The fourth-order valence-corrected chi connectivity index (χ4v) is 0.789. The summed E-state index contributed by atoms with van der Waals surface area (Å²) in [6.07, 6.45) is -2.07. The second-order valence-electron chi connectivity index (χ2n) is 3.88. The molecular weight excluding hydrogens is 200 g/mol. The maximum Gasteiger partial charge on any atom is 0.434 e. The van der Waals surface area contributed by atoms with E-state index in [0.717, 1.165) is 0 Å². The highest BCUT2D eigenvalue weighted by Crippen LogP contribution is 2.13. The van der Waals surface area contributed by atoms with Crippen molar-refractivity contribution in [3.8, 4) is 6.07 Å². The van der Waals surface area contributed by atoms with Crippen molar-refractivity contribution in [3.05, 3.63) is 0 Å². The van der Waals surface area contributed by atoms with E-state index in [4.69, 9.17) is 19.9 Å². The molecule has 0 rings (SSSR count). The van der Waals surface area contributed by atoms with Crippen molar-refractivity contribution in [2.75, 3.05) is 6.61 Å². The van der Waals surface area contributed by atoms with Crippen LogP contribution in [0.2, 0.25) is 0 Å². The van der Waals surface area contributed by atoms with E-state index in [1.807, 2.05) is 0 Å². The smallest absolute Gasteiger partial charge is 0.434 e. The summed E-state index contributed by atoms with van der Waals surface area (Å²) in [7, 11) is 0. The molecule has 86 valence electrons. The lowest BCUT2D eigenvalue weighted by Crippen LogP contribution is -2.44. The van der Waals surface area contributed by atoms with E-state index in [0.29, 0.717) is 5.06 Å². The summed E-state index contributed by atoms with van der Waals surface area (Å²) >= 11 is 0. The molecule has 1 amide bonds. The van der Waals surface area contributed by atoms with Gasteiger partial charge < -0.3 is 9.84 Å². The molecule has 0 aromatic carbocycles. The zero-order valence-electron chi connectivity index (χ0n) is 9.35. The number of amides is 1. The zero-order chi connectivity index (χ0) is 12.1. The molecule has 15 heavy (non-hydrogen) atoms. The molecule has 0 aliphatic carbocycles. The van der Waals surface area contributed by atoms with Gasteiger partial charge in [0.25, 0.3) is 0 Å². The molecule has 0 bridgehead atoms. The van der Waals surface area contributed by atoms with Crippen LogP contribution in [0.1, 0.15) is 27.7 Å². The highest BCUT2D eigenvalue weighted by atomic mass is 16.7. The first kappa shape index (κ1) is 13.7. The minimum Gasteiger partial charge on any atom is -0.463 e. The number of hydrogen-bond donors (Lipinski definition) is 1. The molecule has 1 atom stereocenters. The van der Waals surface area contributed by atoms with Crippen molar-refractivity contribution >= 4 is 6.09 Å². The molecule has 0 heterocycles. The standard InChI is InChI=1S/C9H16N2O4/c1-7(14-6-5-10)11(8(12)13)15-9(2,3)4/h7H,6H2,1-4H3,(H,12,13). The number of hydroxylamine groups is 2. The molecule has 1 unspecified atom stereocenters. The third-order valence-corrected chi connectivity index (χ3v) is 1.28. The number of nitrogens with zero attached hydrogens (tertiary/aromatic N) is 2. The van der Waals surface area contributed by atoms with Crippen molar-refractivity contribution in [1.82, 2.24) is 5.06 Å². The quantitative estimate of drug-likeness (QED) is 0.569. The number of rotatable bonds is 4. The minimum absolute atomic E-state index is 0.182. The Balaban J connectivity index is 4.40. The van der Waals surface area contributed by atoms with Crippen LogP contribution in [0.3, 0.4) is 0 Å². The summed E-state index contributed by atoms with van der Waals surface area (Å²) in [4.78, 5) is 16.0. The Kier molecular flexibility index (Phi) is 5.05. The van der Waals surface area contributed by atoms with Gasteiger partial charge in [-0.25, -0.2) is 4.79 Å². The Morgan fingerprint density at radius 2 is 2.13 bits per heavy atom. The van der Waals surface area contributed by atoms with Crippen LogP contribution in [-0.2, 0) is 9.57 Å². The summed E-state index contributed by atoms with van der Waals surface area (Å²) in [6.45, 7) is 6.48. The molecule has 0 spiro atoms. The molecular formula is C9H16N2O4. The van der Waals surface area contributed by atoms with Crippen molar-refractivity contribution in [2.24, 2.45) is 0 Å². The van der Waals surface area contributed by atoms with Gasteiger partial charge in [0.1, 0.15) is 6.61 Å². The number of hydrogen-bond acceptors (Lipinski definition) is 4. The second kappa shape index (κ2) is 5.53. The third kappa shape index (κ3) is 5.88. The van der Waals surface area contributed by atoms with E-state index in [-0.39, 0.29) is 6.61 Å². The van der Waals surface area contributed by atoms with Crippen LogP contribution >= 0.6 is 0 Å². The molecule has 0 aromatic rings.